The minimum Gasteiger partial charge on any atom is -0.478 e. The third kappa shape index (κ3) is 4.23. The van der Waals surface area contributed by atoms with Crippen LogP contribution in [0, 0.1) is 0 Å². The Hall–Kier alpha value is -3.83. The predicted octanol–water partition coefficient (Wildman–Crippen LogP) is 3.19. The van der Waals surface area contributed by atoms with Crippen LogP contribution in [0.15, 0.2) is 52.2 Å². The summed E-state index contributed by atoms with van der Waals surface area (Å²) in [5.74, 6) is -0.693. The lowest BCUT2D eigenvalue weighted by Crippen LogP contribution is -2.27. The Morgan fingerprint density at radius 2 is 2.00 bits per heavy atom. The number of pyridine rings is 1. The number of carbonyl (C=O) groups is 3. The fourth-order valence-electron chi connectivity index (χ4n) is 5.28. The standard InChI is InChI=1S/C26H24N4O6S/c31-22-13-37-21-7-3-14(10-19(21)28-22)29-11-15(36-26(29)35)2-1-9-27-20-12-30-23(32)8-6-16-17(25(33)34)4-5-18(20)24(16)30/h3-8,10,15,20,27H,1-2,9,11-13H2,(H,28,31)(H,33,34)/t15-,20-/m0/s1. The highest BCUT2D eigenvalue weighted by Gasteiger charge is 2.33. The molecule has 2 atom stereocenters. The average Bonchev–Trinajstić information content (AvgIpc) is 3.44. The molecule has 37 heavy (non-hydrogen) atoms. The number of hydrogen-bond donors (Lipinski definition) is 3. The van der Waals surface area contributed by atoms with Crippen LogP contribution in [0.25, 0.3) is 10.9 Å². The summed E-state index contributed by atoms with van der Waals surface area (Å²) in [6, 6.07) is 11.8. The van der Waals surface area contributed by atoms with E-state index in [1.165, 1.54) is 17.8 Å². The van der Waals surface area contributed by atoms with Crippen LogP contribution in [0.5, 0.6) is 0 Å². The Kier molecular flexibility index (Phi) is 5.88. The normalized spacial score (nSPS) is 20.2. The number of carboxylic acid groups (broad SMARTS) is 1. The molecule has 11 heteroatoms. The maximum Gasteiger partial charge on any atom is 0.414 e. The second-order valence-corrected chi connectivity index (χ2v) is 10.4. The van der Waals surface area contributed by atoms with Crippen molar-refractivity contribution in [1.29, 1.82) is 0 Å². The molecule has 3 aromatic rings. The third-order valence-electron chi connectivity index (χ3n) is 7.02. The molecule has 0 bridgehead atoms. The molecule has 4 heterocycles. The lowest BCUT2D eigenvalue weighted by molar-refractivity contribution is -0.113. The highest BCUT2D eigenvalue weighted by atomic mass is 32.2. The number of nitrogens with zero attached hydrogens (tertiary/aromatic N) is 2. The van der Waals surface area contributed by atoms with Gasteiger partial charge in [0.25, 0.3) is 5.56 Å². The van der Waals surface area contributed by atoms with E-state index in [0.29, 0.717) is 54.1 Å². The molecule has 3 aliphatic rings. The first kappa shape index (κ1) is 23.6. The van der Waals surface area contributed by atoms with Gasteiger partial charge in [0, 0.05) is 28.6 Å². The van der Waals surface area contributed by atoms with Gasteiger partial charge in [-0.2, -0.15) is 0 Å². The summed E-state index contributed by atoms with van der Waals surface area (Å²) in [5.41, 5.74) is 3.01. The van der Waals surface area contributed by atoms with Gasteiger partial charge in [-0.25, -0.2) is 9.59 Å². The molecule has 3 N–H and O–H groups in total. The number of carbonyl (C=O) groups excluding carboxylic acids is 2. The number of ether oxygens (including phenoxy) is 1. The minimum atomic E-state index is -1.02. The van der Waals surface area contributed by atoms with E-state index in [1.54, 1.807) is 33.7 Å². The van der Waals surface area contributed by atoms with Gasteiger partial charge in [-0.15, -0.1) is 11.8 Å². The Balaban J connectivity index is 1.07. The molecule has 1 fully saturated rings. The molecule has 0 radical (unpaired) electrons. The van der Waals surface area contributed by atoms with E-state index in [2.05, 4.69) is 10.6 Å². The maximum absolute atomic E-state index is 12.5. The summed E-state index contributed by atoms with van der Waals surface area (Å²) in [6.07, 6.45) is 0.763. The van der Waals surface area contributed by atoms with Crippen LogP contribution in [-0.2, 0) is 16.1 Å². The zero-order chi connectivity index (χ0) is 25.7. The van der Waals surface area contributed by atoms with Gasteiger partial charge in [-0.1, -0.05) is 6.07 Å². The molecule has 6 rings (SSSR count). The molecule has 3 aliphatic heterocycles. The molecular weight excluding hydrogens is 496 g/mol. The van der Waals surface area contributed by atoms with E-state index in [4.69, 9.17) is 4.74 Å². The Morgan fingerprint density at radius 3 is 2.84 bits per heavy atom. The van der Waals surface area contributed by atoms with Crippen molar-refractivity contribution in [2.45, 2.75) is 36.4 Å². The Labute approximate surface area is 215 Å². The molecule has 10 nitrogen and oxygen atoms in total. The fraction of sp³-hybridized carbons (Fsp3) is 0.308. The molecule has 1 aromatic heterocycles. The summed E-state index contributed by atoms with van der Waals surface area (Å²) >= 11 is 1.47. The van der Waals surface area contributed by atoms with E-state index < -0.39 is 12.1 Å². The van der Waals surface area contributed by atoms with Gasteiger partial charge < -0.3 is 25.0 Å². The summed E-state index contributed by atoms with van der Waals surface area (Å²) in [7, 11) is 0. The smallest absolute Gasteiger partial charge is 0.414 e. The topological polar surface area (TPSA) is 130 Å². The molecular formula is C26H24N4O6S. The van der Waals surface area contributed by atoms with Crippen LogP contribution in [0.2, 0.25) is 0 Å². The fourth-order valence-corrected chi connectivity index (χ4v) is 6.07. The van der Waals surface area contributed by atoms with Crippen LogP contribution in [0.1, 0.15) is 34.8 Å². The quantitative estimate of drug-likeness (QED) is 0.405. The number of carboxylic acids is 1. The number of thioether (sulfide) groups is 1. The highest BCUT2D eigenvalue weighted by Crippen LogP contribution is 2.36. The first-order valence-electron chi connectivity index (χ1n) is 12.1. The summed E-state index contributed by atoms with van der Waals surface area (Å²) < 4.78 is 7.21. The molecule has 0 spiro atoms. The van der Waals surface area contributed by atoms with Crippen molar-refractivity contribution in [2.75, 3.05) is 29.1 Å². The summed E-state index contributed by atoms with van der Waals surface area (Å²) in [4.78, 5) is 50.8. The first-order valence-corrected chi connectivity index (χ1v) is 13.1. The zero-order valence-corrected chi connectivity index (χ0v) is 20.5. The van der Waals surface area contributed by atoms with Crippen LogP contribution >= 0.6 is 11.8 Å². The summed E-state index contributed by atoms with van der Waals surface area (Å²) in [5, 5.41) is 16.4. The lowest BCUT2D eigenvalue weighted by Gasteiger charge is -2.20. The van der Waals surface area contributed by atoms with Crippen molar-refractivity contribution < 1.29 is 24.2 Å². The molecule has 2 aromatic carbocycles. The largest absolute Gasteiger partial charge is 0.478 e. The van der Waals surface area contributed by atoms with E-state index in [9.17, 15) is 24.3 Å². The molecule has 0 unspecified atom stereocenters. The lowest BCUT2D eigenvalue weighted by atomic mass is 10.0. The number of fused-ring (bicyclic) bond motifs is 1. The van der Waals surface area contributed by atoms with Gasteiger partial charge in [0.2, 0.25) is 5.91 Å². The van der Waals surface area contributed by atoms with Crippen molar-refractivity contribution in [3.8, 4) is 0 Å². The minimum absolute atomic E-state index is 0.0576. The van der Waals surface area contributed by atoms with Crippen molar-refractivity contribution in [3.63, 3.8) is 0 Å². The van der Waals surface area contributed by atoms with E-state index in [1.807, 2.05) is 12.1 Å². The number of anilines is 2. The zero-order valence-electron chi connectivity index (χ0n) is 19.7. The molecule has 1 saturated heterocycles. The maximum atomic E-state index is 12.5. The number of nitrogens with one attached hydrogen (secondary N) is 2. The molecule has 0 aliphatic carbocycles. The van der Waals surface area contributed by atoms with Crippen LogP contribution < -0.4 is 21.1 Å². The number of hydrogen-bond acceptors (Lipinski definition) is 7. The first-order chi connectivity index (χ1) is 17.9. The second kappa shape index (κ2) is 9.24. The van der Waals surface area contributed by atoms with Crippen molar-refractivity contribution >= 4 is 52.0 Å². The average molecular weight is 521 g/mol. The van der Waals surface area contributed by atoms with E-state index in [0.717, 1.165) is 16.9 Å². The second-order valence-electron chi connectivity index (χ2n) is 9.33. The van der Waals surface area contributed by atoms with Gasteiger partial charge in [0.1, 0.15) is 6.10 Å². The SMILES string of the molecule is O=C1CSc2ccc(N3C[C@H](CCCN[C@H]4Cn5c(=O)ccc6c(C(=O)O)ccc4c65)OC3=O)cc2N1. The van der Waals surface area contributed by atoms with Crippen molar-refractivity contribution in [3.05, 3.63) is 63.9 Å². The number of amides is 2. The number of aromatic carboxylic acids is 1. The monoisotopic (exact) mass is 520 g/mol. The number of rotatable bonds is 7. The van der Waals surface area contributed by atoms with Gasteiger partial charge in [-0.3, -0.25) is 14.5 Å². The van der Waals surface area contributed by atoms with Crippen molar-refractivity contribution in [1.82, 2.24) is 9.88 Å². The van der Waals surface area contributed by atoms with E-state index in [-0.39, 0.29) is 29.2 Å². The van der Waals surface area contributed by atoms with E-state index >= 15 is 0 Å². The van der Waals surface area contributed by atoms with Crippen LogP contribution in [-0.4, -0.2) is 52.6 Å². The van der Waals surface area contributed by atoms with Crippen LogP contribution in [0.3, 0.4) is 0 Å². The van der Waals surface area contributed by atoms with Gasteiger partial charge in [-0.05, 0) is 55.3 Å². The number of benzene rings is 2. The molecule has 0 saturated carbocycles. The van der Waals surface area contributed by atoms with Gasteiger partial charge in [0.05, 0.1) is 35.1 Å². The summed E-state index contributed by atoms with van der Waals surface area (Å²) in [6.45, 7) is 1.51. The predicted molar refractivity (Wildman–Crippen MR) is 139 cm³/mol. The molecule has 2 amide bonds. The van der Waals surface area contributed by atoms with Gasteiger partial charge in [0.15, 0.2) is 0 Å². The van der Waals surface area contributed by atoms with Crippen LogP contribution in [0.4, 0.5) is 16.2 Å². The third-order valence-corrected chi connectivity index (χ3v) is 8.10. The number of cyclic esters (lactones) is 1. The Bertz CT molecular complexity index is 1520. The van der Waals surface area contributed by atoms with Gasteiger partial charge >= 0.3 is 12.1 Å². The number of aromatic nitrogens is 1. The highest BCUT2D eigenvalue weighted by molar-refractivity contribution is 8.00. The molecule has 190 valence electrons. The van der Waals surface area contributed by atoms with Crippen molar-refractivity contribution in [2.24, 2.45) is 0 Å². The Morgan fingerprint density at radius 1 is 1.14 bits per heavy atom.